The summed E-state index contributed by atoms with van der Waals surface area (Å²) in [5.41, 5.74) is 2.84. The molecule has 1 N–H and O–H groups in total. The van der Waals surface area contributed by atoms with Crippen molar-refractivity contribution in [3.63, 3.8) is 0 Å². The van der Waals surface area contributed by atoms with Crippen LogP contribution in [0.1, 0.15) is 45.1 Å². The van der Waals surface area contributed by atoms with Crippen LogP contribution in [0.2, 0.25) is 0 Å². The summed E-state index contributed by atoms with van der Waals surface area (Å²) in [7, 11) is 0. The van der Waals surface area contributed by atoms with Crippen LogP contribution in [-0.2, 0) is 6.54 Å². The third-order valence-electron chi connectivity index (χ3n) is 3.80. The number of rotatable bonds is 9. The van der Waals surface area contributed by atoms with E-state index >= 15 is 0 Å². The molecule has 0 radical (unpaired) electrons. The minimum atomic E-state index is 0.928. The quantitative estimate of drug-likeness (QED) is 0.663. The van der Waals surface area contributed by atoms with E-state index in [1.54, 1.807) is 0 Å². The second-order valence-corrected chi connectivity index (χ2v) is 6.75. The highest BCUT2D eigenvalue weighted by atomic mass is 79.9. The van der Waals surface area contributed by atoms with Gasteiger partial charge in [-0.3, -0.25) is 0 Å². The monoisotopic (exact) mass is 338 g/mol. The number of halogens is 1. The molecule has 0 amide bonds. The smallest absolute Gasteiger partial charge is 0.0423 e. The Morgan fingerprint density at radius 1 is 1.25 bits per heavy atom. The molecule has 3 heteroatoms. The summed E-state index contributed by atoms with van der Waals surface area (Å²) >= 11 is 3.63. The number of hydrogen-bond donors (Lipinski definition) is 1. The van der Waals surface area contributed by atoms with Crippen molar-refractivity contribution in [1.82, 2.24) is 5.32 Å². The molecule has 0 aromatic heterocycles. The van der Waals surface area contributed by atoms with Gasteiger partial charge in [-0.2, -0.15) is 0 Å². The molecule has 1 saturated carbocycles. The van der Waals surface area contributed by atoms with Gasteiger partial charge in [-0.05, 0) is 55.8 Å². The minimum absolute atomic E-state index is 0.928. The highest BCUT2D eigenvalue weighted by molar-refractivity contribution is 9.10. The first-order valence-electron chi connectivity index (χ1n) is 7.98. The molecule has 0 atom stereocenters. The summed E-state index contributed by atoms with van der Waals surface area (Å²) < 4.78 is 1.18. The van der Waals surface area contributed by atoms with Gasteiger partial charge in [0.2, 0.25) is 0 Å². The van der Waals surface area contributed by atoms with Crippen molar-refractivity contribution < 1.29 is 0 Å². The molecule has 0 unspecified atom stereocenters. The molecule has 2 nitrogen and oxygen atoms in total. The molecule has 0 saturated heterocycles. The zero-order valence-electron chi connectivity index (χ0n) is 12.8. The van der Waals surface area contributed by atoms with Crippen molar-refractivity contribution in [3.05, 3.63) is 28.2 Å². The van der Waals surface area contributed by atoms with Gasteiger partial charge in [0.1, 0.15) is 0 Å². The predicted molar refractivity (Wildman–Crippen MR) is 91.4 cm³/mol. The van der Waals surface area contributed by atoms with E-state index in [1.807, 2.05) is 0 Å². The van der Waals surface area contributed by atoms with Gasteiger partial charge in [-0.15, -0.1) is 0 Å². The molecule has 20 heavy (non-hydrogen) atoms. The SMILES string of the molecule is CCCNCc1ccc(Br)cc1N(CCC)CC1CC1. The molecule has 0 aliphatic heterocycles. The van der Waals surface area contributed by atoms with Gasteiger partial charge in [0.25, 0.3) is 0 Å². The summed E-state index contributed by atoms with van der Waals surface area (Å²) in [6.07, 6.45) is 5.23. The largest absolute Gasteiger partial charge is 0.371 e. The molecule has 0 bridgehead atoms. The van der Waals surface area contributed by atoms with E-state index in [0.717, 1.165) is 25.6 Å². The van der Waals surface area contributed by atoms with E-state index < -0.39 is 0 Å². The van der Waals surface area contributed by atoms with Crippen LogP contribution in [0, 0.1) is 5.92 Å². The number of nitrogens with zero attached hydrogens (tertiary/aromatic N) is 1. The van der Waals surface area contributed by atoms with Crippen molar-refractivity contribution in [2.75, 3.05) is 24.5 Å². The molecule has 1 aromatic rings. The fourth-order valence-electron chi connectivity index (χ4n) is 2.57. The number of nitrogens with one attached hydrogen (secondary N) is 1. The van der Waals surface area contributed by atoms with Crippen LogP contribution in [0.15, 0.2) is 22.7 Å². The highest BCUT2D eigenvalue weighted by Crippen LogP contribution is 2.33. The number of hydrogen-bond acceptors (Lipinski definition) is 2. The topological polar surface area (TPSA) is 15.3 Å². The minimum Gasteiger partial charge on any atom is -0.371 e. The Morgan fingerprint density at radius 3 is 2.70 bits per heavy atom. The fraction of sp³-hybridized carbons (Fsp3) is 0.647. The van der Waals surface area contributed by atoms with Crippen molar-refractivity contribution >= 4 is 21.6 Å². The molecule has 1 fully saturated rings. The van der Waals surface area contributed by atoms with Crippen LogP contribution < -0.4 is 10.2 Å². The highest BCUT2D eigenvalue weighted by Gasteiger charge is 2.25. The van der Waals surface area contributed by atoms with Crippen molar-refractivity contribution in [1.29, 1.82) is 0 Å². The van der Waals surface area contributed by atoms with Crippen molar-refractivity contribution in [2.45, 2.75) is 46.1 Å². The van der Waals surface area contributed by atoms with Crippen LogP contribution in [0.5, 0.6) is 0 Å². The number of anilines is 1. The normalized spacial score (nSPS) is 14.6. The lowest BCUT2D eigenvalue weighted by Gasteiger charge is -2.27. The zero-order valence-corrected chi connectivity index (χ0v) is 14.4. The zero-order chi connectivity index (χ0) is 14.4. The van der Waals surface area contributed by atoms with E-state index in [1.165, 1.54) is 48.0 Å². The van der Waals surface area contributed by atoms with Crippen LogP contribution in [0.4, 0.5) is 5.69 Å². The first-order chi connectivity index (χ1) is 9.74. The molecule has 2 rings (SSSR count). The second-order valence-electron chi connectivity index (χ2n) is 5.84. The lowest BCUT2D eigenvalue weighted by atomic mass is 10.1. The van der Waals surface area contributed by atoms with Crippen molar-refractivity contribution in [3.8, 4) is 0 Å². The van der Waals surface area contributed by atoms with E-state index in [9.17, 15) is 0 Å². The van der Waals surface area contributed by atoms with Crippen LogP contribution in [0.3, 0.4) is 0 Å². The Kier molecular flexibility index (Phi) is 6.37. The maximum absolute atomic E-state index is 3.63. The van der Waals surface area contributed by atoms with Gasteiger partial charge in [0, 0.05) is 29.8 Å². The van der Waals surface area contributed by atoms with Gasteiger partial charge in [0.05, 0.1) is 0 Å². The third-order valence-corrected chi connectivity index (χ3v) is 4.29. The summed E-state index contributed by atoms with van der Waals surface area (Å²) in [6, 6.07) is 6.71. The van der Waals surface area contributed by atoms with E-state index in [4.69, 9.17) is 0 Å². The standard InChI is InChI=1S/C17H27BrN2/c1-3-9-19-12-15-7-8-16(18)11-17(15)20(10-4-2)13-14-5-6-14/h7-8,11,14,19H,3-6,9-10,12-13H2,1-2H3. The van der Waals surface area contributed by atoms with Gasteiger partial charge < -0.3 is 10.2 Å². The van der Waals surface area contributed by atoms with Gasteiger partial charge in [-0.25, -0.2) is 0 Å². The van der Waals surface area contributed by atoms with Crippen molar-refractivity contribution in [2.24, 2.45) is 5.92 Å². The average molecular weight is 339 g/mol. The lowest BCUT2D eigenvalue weighted by molar-refractivity contribution is 0.664. The summed E-state index contributed by atoms with van der Waals surface area (Å²) in [4.78, 5) is 2.59. The van der Waals surface area contributed by atoms with Crippen LogP contribution in [-0.4, -0.2) is 19.6 Å². The van der Waals surface area contributed by atoms with Crippen LogP contribution >= 0.6 is 15.9 Å². The van der Waals surface area contributed by atoms with Gasteiger partial charge >= 0.3 is 0 Å². The average Bonchev–Trinajstić information content (AvgIpc) is 3.24. The van der Waals surface area contributed by atoms with E-state index in [2.05, 4.69) is 58.2 Å². The fourth-order valence-corrected chi connectivity index (χ4v) is 2.92. The Hall–Kier alpha value is -0.540. The molecule has 1 aromatic carbocycles. The van der Waals surface area contributed by atoms with Crippen LogP contribution in [0.25, 0.3) is 0 Å². The Labute approximate surface area is 132 Å². The lowest BCUT2D eigenvalue weighted by Crippen LogP contribution is -2.28. The third kappa shape index (κ3) is 4.78. The molecule has 0 spiro atoms. The van der Waals surface area contributed by atoms with E-state index in [0.29, 0.717) is 0 Å². The Morgan fingerprint density at radius 2 is 2.05 bits per heavy atom. The maximum Gasteiger partial charge on any atom is 0.0423 e. The summed E-state index contributed by atoms with van der Waals surface area (Å²) in [6.45, 7) is 8.94. The van der Waals surface area contributed by atoms with Gasteiger partial charge in [-0.1, -0.05) is 35.8 Å². The molecule has 0 heterocycles. The first-order valence-corrected chi connectivity index (χ1v) is 8.78. The predicted octanol–water partition coefficient (Wildman–Crippen LogP) is 4.58. The Bertz CT molecular complexity index is 415. The Balaban J connectivity index is 2.13. The molecule has 1 aliphatic rings. The van der Waals surface area contributed by atoms with Gasteiger partial charge in [0.15, 0.2) is 0 Å². The first kappa shape index (κ1) is 15.8. The maximum atomic E-state index is 3.63. The molecule has 1 aliphatic carbocycles. The molecule has 112 valence electrons. The summed E-state index contributed by atoms with van der Waals surface area (Å²) in [5, 5.41) is 3.54. The van der Waals surface area contributed by atoms with E-state index in [-0.39, 0.29) is 0 Å². The molecular weight excluding hydrogens is 312 g/mol. The number of benzene rings is 1. The second kappa shape index (κ2) is 8.04. The molecular formula is C17H27BrN2. The summed E-state index contributed by atoms with van der Waals surface area (Å²) in [5.74, 6) is 0.928.